The largest absolute Gasteiger partial charge is 0.368 e. The van der Waals surface area contributed by atoms with Gasteiger partial charge in [-0.2, -0.15) is 0 Å². The molecule has 2 nitrogen and oxygen atoms in total. The van der Waals surface area contributed by atoms with Gasteiger partial charge < -0.3 is 10.2 Å². The van der Waals surface area contributed by atoms with Gasteiger partial charge in [0.2, 0.25) is 0 Å². The lowest BCUT2D eigenvalue weighted by Crippen LogP contribution is -2.39. The Hall–Kier alpha value is -1.09. The van der Waals surface area contributed by atoms with Gasteiger partial charge in [0.25, 0.3) is 0 Å². The molecule has 84 valence electrons. The molecule has 1 unspecified atom stereocenters. The summed E-state index contributed by atoms with van der Waals surface area (Å²) in [5.74, 6) is -0.158. The van der Waals surface area contributed by atoms with Crippen molar-refractivity contribution in [2.45, 2.75) is 19.4 Å². The fraction of sp³-hybridized carbons (Fsp3) is 0.500. The monoisotopic (exact) mass is 210 g/mol. The van der Waals surface area contributed by atoms with E-state index in [2.05, 4.69) is 12.2 Å². The number of likely N-dealkylation sites (N-methyl/N-ethyl adjacent to an activating group) is 2. The van der Waals surface area contributed by atoms with Crippen LogP contribution in [0.3, 0.4) is 0 Å². The number of nitrogens with zero attached hydrogens (tertiary/aromatic N) is 1. The zero-order chi connectivity index (χ0) is 11.3. The van der Waals surface area contributed by atoms with Crippen LogP contribution in [0.5, 0.6) is 0 Å². The summed E-state index contributed by atoms with van der Waals surface area (Å²) in [6.45, 7) is 2.97. The highest BCUT2D eigenvalue weighted by Crippen LogP contribution is 2.20. The first-order valence-corrected chi connectivity index (χ1v) is 5.32. The predicted octanol–water partition coefficient (Wildman–Crippen LogP) is 2.26. The Morgan fingerprint density at radius 2 is 2.07 bits per heavy atom. The Morgan fingerprint density at radius 3 is 2.60 bits per heavy atom. The average molecular weight is 210 g/mol. The molecule has 0 saturated heterocycles. The maximum absolute atomic E-state index is 13.5. The van der Waals surface area contributed by atoms with Crippen LogP contribution in [0.25, 0.3) is 0 Å². The highest BCUT2D eigenvalue weighted by molar-refractivity contribution is 5.47. The second-order valence-electron chi connectivity index (χ2n) is 3.68. The van der Waals surface area contributed by atoms with Crippen LogP contribution in [0.15, 0.2) is 24.3 Å². The molecule has 1 atom stereocenters. The summed E-state index contributed by atoms with van der Waals surface area (Å²) in [7, 11) is 3.85. The van der Waals surface area contributed by atoms with E-state index in [1.807, 2.05) is 31.1 Å². The smallest absolute Gasteiger partial charge is 0.146 e. The number of halogens is 1. The third kappa shape index (κ3) is 2.93. The zero-order valence-electron chi connectivity index (χ0n) is 9.63. The fourth-order valence-electron chi connectivity index (χ4n) is 1.73. The molecule has 0 saturated carbocycles. The van der Waals surface area contributed by atoms with Crippen LogP contribution in [0.2, 0.25) is 0 Å². The van der Waals surface area contributed by atoms with E-state index >= 15 is 0 Å². The zero-order valence-corrected chi connectivity index (χ0v) is 9.63. The van der Waals surface area contributed by atoms with E-state index in [1.54, 1.807) is 6.07 Å². The molecular formula is C12H19FN2. The van der Waals surface area contributed by atoms with Gasteiger partial charge in [-0.25, -0.2) is 4.39 Å². The number of benzene rings is 1. The minimum Gasteiger partial charge on any atom is -0.368 e. The lowest BCUT2D eigenvalue weighted by atomic mass is 10.1. The van der Waals surface area contributed by atoms with Gasteiger partial charge >= 0.3 is 0 Å². The summed E-state index contributed by atoms with van der Waals surface area (Å²) >= 11 is 0. The van der Waals surface area contributed by atoms with E-state index in [9.17, 15) is 4.39 Å². The number of rotatable bonds is 5. The van der Waals surface area contributed by atoms with Crippen LogP contribution < -0.4 is 10.2 Å². The van der Waals surface area contributed by atoms with Gasteiger partial charge in [0, 0.05) is 19.6 Å². The molecule has 0 aromatic heterocycles. The van der Waals surface area contributed by atoms with Crippen molar-refractivity contribution in [2.75, 3.05) is 25.5 Å². The third-order valence-corrected chi connectivity index (χ3v) is 2.69. The van der Waals surface area contributed by atoms with Crippen LogP contribution in [-0.2, 0) is 0 Å². The number of para-hydroxylation sites is 1. The minimum atomic E-state index is -0.158. The van der Waals surface area contributed by atoms with Gasteiger partial charge in [-0.15, -0.1) is 0 Å². The normalized spacial score (nSPS) is 12.5. The summed E-state index contributed by atoms with van der Waals surface area (Å²) in [5.41, 5.74) is 0.666. The van der Waals surface area contributed by atoms with Crippen molar-refractivity contribution in [3.63, 3.8) is 0 Å². The molecule has 0 spiro atoms. The van der Waals surface area contributed by atoms with Crippen LogP contribution in [0.1, 0.15) is 13.3 Å². The van der Waals surface area contributed by atoms with Crippen molar-refractivity contribution in [1.82, 2.24) is 5.32 Å². The van der Waals surface area contributed by atoms with E-state index in [-0.39, 0.29) is 5.82 Å². The first-order chi connectivity index (χ1) is 7.20. The average Bonchev–Trinajstić information content (AvgIpc) is 2.25. The molecule has 0 heterocycles. The summed E-state index contributed by atoms with van der Waals surface area (Å²) in [5, 5.41) is 3.12. The lowest BCUT2D eigenvalue weighted by Gasteiger charge is -2.29. The summed E-state index contributed by atoms with van der Waals surface area (Å²) in [6, 6.07) is 7.21. The molecule has 15 heavy (non-hydrogen) atoms. The first-order valence-electron chi connectivity index (χ1n) is 5.32. The van der Waals surface area contributed by atoms with Crippen molar-refractivity contribution < 1.29 is 4.39 Å². The second kappa shape index (κ2) is 5.71. The maximum Gasteiger partial charge on any atom is 0.146 e. The summed E-state index contributed by atoms with van der Waals surface area (Å²) in [4.78, 5) is 1.99. The molecule has 1 aromatic carbocycles. The number of anilines is 1. The van der Waals surface area contributed by atoms with Crippen molar-refractivity contribution in [1.29, 1.82) is 0 Å². The Kier molecular flexibility index (Phi) is 4.56. The quantitative estimate of drug-likeness (QED) is 0.802. The first kappa shape index (κ1) is 12.0. The summed E-state index contributed by atoms with van der Waals surface area (Å²) in [6.07, 6.45) is 0.992. The van der Waals surface area contributed by atoms with Crippen molar-refractivity contribution in [3.8, 4) is 0 Å². The van der Waals surface area contributed by atoms with Gasteiger partial charge in [-0.3, -0.25) is 0 Å². The topological polar surface area (TPSA) is 15.3 Å². The number of nitrogens with one attached hydrogen (secondary N) is 1. The Balaban J connectivity index is 2.82. The van der Waals surface area contributed by atoms with Gasteiger partial charge in [-0.05, 0) is 25.6 Å². The number of hydrogen-bond donors (Lipinski definition) is 1. The van der Waals surface area contributed by atoms with Crippen molar-refractivity contribution in [3.05, 3.63) is 30.1 Å². The molecule has 0 fully saturated rings. The Labute approximate surface area is 91.1 Å². The molecule has 0 aliphatic heterocycles. The highest BCUT2D eigenvalue weighted by atomic mass is 19.1. The molecule has 0 bridgehead atoms. The molecule has 1 aromatic rings. The SMILES string of the molecule is CCC(CNC)N(C)c1ccccc1F. The standard InChI is InChI=1S/C12H19FN2/c1-4-10(9-14-2)15(3)12-8-6-5-7-11(12)13/h5-8,10,14H,4,9H2,1-3H3. The van der Waals surface area contributed by atoms with Crippen LogP contribution >= 0.6 is 0 Å². The van der Waals surface area contributed by atoms with E-state index < -0.39 is 0 Å². The van der Waals surface area contributed by atoms with Crippen molar-refractivity contribution >= 4 is 5.69 Å². The maximum atomic E-state index is 13.5. The van der Waals surface area contributed by atoms with Gasteiger partial charge in [0.05, 0.1) is 5.69 Å². The van der Waals surface area contributed by atoms with E-state index in [0.29, 0.717) is 11.7 Å². The second-order valence-corrected chi connectivity index (χ2v) is 3.68. The van der Waals surface area contributed by atoms with Gasteiger partial charge in [-0.1, -0.05) is 19.1 Å². The predicted molar refractivity (Wildman–Crippen MR) is 62.8 cm³/mol. The van der Waals surface area contributed by atoms with Crippen LogP contribution in [0.4, 0.5) is 10.1 Å². The number of hydrogen-bond acceptors (Lipinski definition) is 2. The van der Waals surface area contributed by atoms with Crippen LogP contribution in [-0.4, -0.2) is 26.7 Å². The van der Waals surface area contributed by atoms with E-state index in [1.165, 1.54) is 6.07 Å². The Morgan fingerprint density at radius 1 is 1.40 bits per heavy atom. The van der Waals surface area contributed by atoms with Crippen molar-refractivity contribution in [2.24, 2.45) is 0 Å². The lowest BCUT2D eigenvalue weighted by molar-refractivity contribution is 0.554. The van der Waals surface area contributed by atoms with Gasteiger partial charge in [0.1, 0.15) is 5.82 Å². The van der Waals surface area contributed by atoms with E-state index in [0.717, 1.165) is 13.0 Å². The molecule has 0 aliphatic carbocycles. The van der Waals surface area contributed by atoms with E-state index in [4.69, 9.17) is 0 Å². The molecular weight excluding hydrogens is 191 g/mol. The fourth-order valence-corrected chi connectivity index (χ4v) is 1.73. The molecule has 1 N–H and O–H groups in total. The third-order valence-electron chi connectivity index (χ3n) is 2.69. The summed E-state index contributed by atoms with van der Waals surface area (Å²) < 4.78 is 13.5. The highest BCUT2D eigenvalue weighted by Gasteiger charge is 2.14. The molecule has 0 aliphatic rings. The molecule has 1 rings (SSSR count). The molecule has 0 radical (unpaired) electrons. The van der Waals surface area contributed by atoms with Crippen LogP contribution in [0, 0.1) is 5.82 Å². The molecule has 3 heteroatoms. The Bertz CT molecular complexity index is 301. The van der Waals surface area contributed by atoms with Gasteiger partial charge in [0.15, 0.2) is 0 Å². The minimum absolute atomic E-state index is 0.158. The molecule has 0 amide bonds.